The van der Waals surface area contributed by atoms with Crippen LogP contribution in [0, 0.1) is 0 Å². The molecule has 1 unspecified atom stereocenters. The van der Waals surface area contributed by atoms with Crippen LogP contribution in [0.15, 0.2) is 12.2 Å². The lowest BCUT2D eigenvalue weighted by Gasteiger charge is -2.25. The summed E-state index contributed by atoms with van der Waals surface area (Å²) in [5, 5.41) is 0. The second kappa shape index (κ2) is 3.92. The summed E-state index contributed by atoms with van der Waals surface area (Å²) in [6.07, 6.45) is 4.06. The van der Waals surface area contributed by atoms with Gasteiger partial charge in [0.2, 0.25) is 0 Å². The zero-order valence-electron chi connectivity index (χ0n) is 8.62. The highest BCUT2D eigenvalue weighted by molar-refractivity contribution is 6.12. The van der Waals surface area contributed by atoms with Gasteiger partial charge in [0.05, 0.1) is 0 Å². The zero-order chi connectivity index (χ0) is 10.8. The molecular formula is C10H16N2O2. The number of rotatable bonds is 4. The minimum absolute atomic E-state index is 0.234. The fraction of sp³-hybridized carbons (Fsp3) is 0.600. The molecule has 0 aromatic heterocycles. The Labute approximate surface area is 83.8 Å². The first-order valence-electron chi connectivity index (χ1n) is 4.79. The van der Waals surface area contributed by atoms with Crippen LogP contribution in [0.5, 0.6) is 0 Å². The number of carbonyl (C=O) groups is 2. The largest absolute Gasteiger partial charge is 0.325 e. The Hall–Kier alpha value is -1.16. The number of imide groups is 1. The van der Waals surface area contributed by atoms with Gasteiger partial charge in [-0.1, -0.05) is 6.92 Å². The maximum absolute atomic E-state index is 11.2. The molecule has 4 nitrogen and oxygen atoms in total. The summed E-state index contributed by atoms with van der Waals surface area (Å²) in [7, 11) is 0. The van der Waals surface area contributed by atoms with E-state index in [1.165, 1.54) is 17.1 Å². The molecule has 1 aliphatic rings. The van der Waals surface area contributed by atoms with Crippen molar-refractivity contribution in [3.63, 3.8) is 0 Å². The molecule has 2 amide bonds. The van der Waals surface area contributed by atoms with Crippen molar-refractivity contribution in [1.29, 1.82) is 0 Å². The van der Waals surface area contributed by atoms with Crippen LogP contribution in [0.1, 0.15) is 26.7 Å². The zero-order valence-corrected chi connectivity index (χ0v) is 8.62. The molecule has 0 fully saturated rings. The number of amides is 2. The number of carbonyl (C=O) groups excluding carboxylic acids is 2. The van der Waals surface area contributed by atoms with E-state index in [2.05, 4.69) is 0 Å². The molecule has 0 bridgehead atoms. The molecule has 14 heavy (non-hydrogen) atoms. The minimum atomic E-state index is -0.302. The Balaban J connectivity index is 2.47. The number of hydrogen-bond donors (Lipinski definition) is 1. The third kappa shape index (κ3) is 2.42. The highest BCUT2D eigenvalue weighted by atomic mass is 16.2. The first kappa shape index (κ1) is 10.9. The van der Waals surface area contributed by atoms with E-state index >= 15 is 0 Å². The molecule has 1 aliphatic heterocycles. The van der Waals surface area contributed by atoms with Crippen molar-refractivity contribution in [3.05, 3.63) is 12.2 Å². The van der Waals surface area contributed by atoms with Gasteiger partial charge in [-0.15, -0.1) is 0 Å². The van der Waals surface area contributed by atoms with Crippen molar-refractivity contribution < 1.29 is 9.59 Å². The second-order valence-corrected chi connectivity index (χ2v) is 3.92. The fourth-order valence-electron chi connectivity index (χ4n) is 1.20. The molecule has 0 aliphatic carbocycles. The van der Waals surface area contributed by atoms with Gasteiger partial charge in [-0.3, -0.25) is 14.5 Å². The summed E-state index contributed by atoms with van der Waals surface area (Å²) in [4.78, 5) is 23.6. The lowest BCUT2D eigenvalue weighted by Crippen LogP contribution is -2.41. The monoisotopic (exact) mass is 196 g/mol. The minimum Gasteiger partial charge on any atom is -0.325 e. The number of nitrogens with two attached hydrogens (primary N) is 1. The predicted molar refractivity (Wildman–Crippen MR) is 53.4 cm³/mol. The summed E-state index contributed by atoms with van der Waals surface area (Å²) in [5.74, 6) is -0.469. The van der Waals surface area contributed by atoms with Gasteiger partial charge in [-0.2, -0.15) is 0 Å². The maximum Gasteiger partial charge on any atom is 0.253 e. The molecule has 0 radical (unpaired) electrons. The molecule has 0 spiro atoms. The highest BCUT2D eigenvalue weighted by Gasteiger charge is 2.25. The van der Waals surface area contributed by atoms with E-state index in [0.29, 0.717) is 13.0 Å². The van der Waals surface area contributed by atoms with E-state index < -0.39 is 0 Å². The number of nitrogens with zero attached hydrogens (tertiary/aromatic N) is 1. The summed E-state index contributed by atoms with van der Waals surface area (Å²) in [5.41, 5.74) is 5.61. The van der Waals surface area contributed by atoms with Crippen molar-refractivity contribution in [3.8, 4) is 0 Å². The van der Waals surface area contributed by atoms with Gasteiger partial charge in [0.25, 0.3) is 11.8 Å². The van der Waals surface area contributed by atoms with Crippen molar-refractivity contribution >= 4 is 11.8 Å². The van der Waals surface area contributed by atoms with Gasteiger partial charge in [0, 0.05) is 24.2 Å². The second-order valence-electron chi connectivity index (χ2n) is 3.92. The topological polar surface area (TPSA) is 63.4 Å². The lowest BCUT2D eigenvalue weighted by molar-refractivity contribution is -0.136. The Morgan fingerprint density at radius 2 is 1.86 bits per heavy atom. The van der Waals surface area contributed by atoms with Crippen LogP contribution in [-0.2, 0) is 9.59 Å². The predicted octanol–water partition coefficient (Wildman–Crippen LogP) is 0.429. The van der Waals surface area contributed by atoms with E-state index in [0.717, 1.165) is 6.42 Å². The average Bonchev–Trinajstić information content (AvgIpc) is 2.44. The van der Waals surface area contributed by atoms with E-state index in [1.807, 2.05) is 13.8 Å². The van der Waals surface area contributed by atoms with Crippen LogP contribution in [-0.4, -0.2) is 28.8 Å². The smallest absolute Gasteiger partial charge is 0.253 e. The molecule has 4 heteroatoms. The molecule has 0 saturated carbocycles. The molecule has 1 heterocycles. The standard InChI is InChI=1S/C10H16N2O2/c1-3-10(2,11)6-7-12-8(13)4-5-9(12)14/h4-5H,3,6-7,11H2,1-2H3. The Kier molecular flexibility index (Phi) is 3.06. The molecule has 78 valence electrons. The van der Waals surface area contributed by atoms with Crippen molar-refractivity contribution in [2.75, 3.05) is 6.54 Å². The Morgan fingerprint density at radius 3 is 2.29 bits per heavy atom. The van der Waals surface area contributed by atoms with E-state index in [4.69, 9.17) is 5.73 Å². The first-order chi connectivity index (χ1) is 6.46. The van der Waals surface area contributed by atoms with Gasteiger partial charge < -0.3 is 5.73 Å². The summed E-state index contributed by atoms with van der Waals surface area (Å²) < 4.78 is 0. The molecule has 0 aromatic rings. The summed E-state index contributed by atoms with van der Waals surface area (Å²) in [6.45, 7) is 4.32. The van der Waals surface area contributed by atoms with Crippen LogP contribution in [0.4, 0.5) is 0 Å². The van der Waals surface area contributed by atoms with Crippen LogP contribution < -0.4 is 5.73 Å². The summed E-state index contributed by atoms with van der Waals surface area (Å²) >= 11 is 0. The van der Waals surface area contributed by atoms with Crippen LogP contribution in [0.2, 0.25) is 0 Å². The SMILES string of the molecule is CCC(C)(N)CCN1C(=O)C=CC1=O. The number of hydrogen-bond acceptors (Lipinski definition) is 3. The fourth-order valence-corrected chi connectivity index (χ4v) is 1.20. The first-order valence-corrected chi connectivity index (χ1v) is 4.79. The van der Waals surface area contributed by atoms with Crippen LogP contribution in [0.25, 0.3) is 0 Å². The maximum atomic E-state index is 11.2. The van der Waals surface area contributed by atoms with E-state index in [9.17, 15) is 9.59 Å². The molecule has 0 aromatic carbocycles. The lowest BCUT2D eigenvalue weighted by atomic mass is 9.96. The summed E-state index contributed by atoms with van der Waals surface area (Å²) in [6, 6.07) is 0. The van der Waals surface area contributed by atoms with Crippen molar-refractivity contribution in [2.24, 2.45) is 5.73 Å². The highest BCUT2D eigenvalue weighted by Crippen LogP contribution is 2.13. The van der Waals surface area contributed by atoms with Crippen LogP contribution >= 0.6 is 0 Å². The van der Waals surface area contributed by atoms with Gasteiger partial charge in [-0.05, 0) is 19.8 Å². The molecule has 1 rings (SSSR count). The molecular weight excluding hydrogens is 180 g/mol. The average molecular weight is 196 g/mol. The van der Waals surface area contributed by atoms with Gasteiger partial charge in [0.15, 0.2) is 0 Å². The normalized spacial score (nSPS) is 20.4. The van der Waals surface area contributed by atoms with Crippen molar-refractivity contribution in [1.82, 2.24) is 4.90 Å². The van der Waals surface area contributed by atoms with Crippen LogP contribution in [0.3, 0.4) is 0 Å². The third-order valence-corrected chi connectivity index (χ3v) is 2.61. The third-order valence-electron chi connectivity index (χ3n) is 2.61. The molecule has 0 saturated heterocycles. The van der Waals surface area contributed by atoms with Gasteiger partial charge in [0.1, 0.15) is 0 Å². The quantitative estimate of drug-likeness (QED) is 0.663. The van der Waals surface area contributed by atoms with Crippen molar-refractivity contribution in [2.45, 2.75) is 32.2 Å². The Morgan fingerprint density at radius 1 is 1.36 bits per heavy atom. The van der Waals surface area contributed by atoms with Gasteiger partial charge >= 0.3 is 0 Å². The Bertz CT molecular complexity index is 264. The van der Waals surface area contributed by atoms with E-state index in [-0.39, 0.29) is 17.4 Å². The van der Waals surface area contributed by atoms with Gasteiger partial charge in [-0.25, -0.2) is 0 Å². The van der Waals surface area contributed by atoms with E-state index in [1.54, 1.807) is 0 Å². The molecule has 1 atom stereocenters. The molecule has 2 N–H and O–H groups in total.